The number of piperidine rings is 2. The third-order valence-corrected chi connectivity index (χ3v) is 10.1. The first-order chi connectivity index (χ1) is 25.1. The molecule has 3 saturated heterocycles. The number of likely N-dealkylation sites (N-methyl/N-ethyl adjacent to an activating group) is 1. The highest BCUT2D eigenvalue weighted by atomic mass is 16.2. The molecule has 3 aromatic rings. The van der Waals surface area contributed by atoms with Gasteiger partial charge in [-0.05, 0) is 74.4 Å². The van der Waals surface area contributed by atoms with E-state index in [2.05, 4.69) is 32.4 Å². The van der Waals surface area contributed by atoms with Crippen LogP contribution in [0.5, 0.6) is 0 Å². The van der Waals surface area contributed by atoms with E-state index in [0.717, 1.165) is 54.9 Å². The van der Waals surface area contributed by atoms with E-state index in [1.807, 2.05) is 36.2 Å². The molecule has 52 heavy (non-hydrogen) atoms. The van der Waals surface area contributed by atoms with Gasteiger partial charge >= 0.3 is 6.03 Å². The Balaban J connectivity index is 0.934. The summed E-state index contributed by atoms with van der Waals surface area (Å²) in [6.07, 6.45) is 5.83. The Bertz CT molecular complexity index is 1950. The SMILES string of the molecule is C=C1CCC(N2C(=O)c3ccc(NCCCc4ccc(Nc5nc(N6CCC[C@@H](N7CCN(C)C7=O)C6)cnc5C(N)=O)cc4)cc3C2=O)C(=O)N1. The molecular weight excluding hydrogens is 664 g/mol. The highest BCUT2D eigenvalue weighted by Crippen LogP contribution is 2.31. The number of nitrogens with zero attached hydrogens (tertiary/aromatic N) is 6. The first-order valence-corrected chi connectivity index (χ1v) is 17.6. The standard InChI is InChI=1S/C37H42N10O5/c1-22-7-14-29(34(49)41-22)47-35(50)27-13-12-25(19-28(27)36(47)51)39-15-3-5-23-8-10-24(11-9-23)42-33-31(32(38)48)40-20-30(43-33)45-16-4-6-26(21-45)46-18-17-44(2)37(46)52/h8-13,19-20,26,29,39H,1,3-7,14-18,21H2,2H3,(H2,38,48)(H,41,49)(H,42,43)/t26-,29?/m1/s1. The molecule has 0 bridgehead atoms. The Hall–Kier alpha value is -5.99. The van der Waals surface area contributed by atoms with Crippen LogP contribution in [0, 0.1) is 0 Å². The number of hydrogen-bond acceptors (Lipinski definition) is 10. The van der Waals surface area contributed by atoms with Gasteiger partial charge in [-0.15, -0.1) is 0 Å². The number of aryl methyl sites for hydroxylation is 1. The second-order valence-electron chi connectivity index (χ2n) is 13.7. The molecule has 0 radical (unpaired) electrons. The smallest absolute Gasteiger partial charge is 0.320 e. The number of nitrogens with two attached hydrogens (primary N) is 1. The molecule has 2 aromatic carbocycles. The van der Waals surface area contributed by atoms with Crippen LogP contribution >= 0.6 is 0 Å². The Kier molecular flexibility index (Phi) is 9.49. The largest absolute Gasteiger partial charge is 0.385 e. The van der Waals surface area contributed by atoms with Crippen LogP contribution in [0.2, 0.25) is 0 Å². The maximum Gasteiger partial charge on any atom is 0.320 e. The summed E-state index contributed by atoms with van der Waals surface area (Å²) in [4.78, 5) is 79.5. The van der Waals surface area contributed by atoms with Crippen molar-refractivity contribution in [2.75, 3.05) is 55.3 Å². The summed E-state index contributed by atoms with van der Waals surface area (Å²) in [5.41, 5.74) is 9.40. The molecule has 15 nitrogen and oxygen atoms in total. The minimum atomic E-state index is -0.844. The van der Waals surface area contributed by atoms with Gasteiger partial charge in [0.1, 0.15) is 11.9 Å². The van der Waals surface area contributed by atoms with Crippen molar-refractivity contribution < 1.29 is 24.0 Å². The van der Waals surface area contributed by atoms with Crippen molar-refractivity contribution >= 4 is 52.7 Å². The predicted molar refractivity (Wildman–Crippen MR) is 194 cm³/mol. The van der Waals surface area contributed by atoms with Gasteiger partial charge in [0.2, 0.25) is 5.91 Å². The summed E-state index contributed by atoms with van der Waals surface area (Å²) in [6, 6.07) is 12.2. The Morgan fingerprint density at radius 1 is 1.00 bits per heavy atom. The molecule has 5 N–H and O–H groups in total. The van der Waals surface area contributed by atoms with Crippen LogP contribution in [0.4, 0.5) is 27.8 Å². The molecular formula is C37H42N10O5. The number of hydrogen-bond donors (Lipinski definition) is 4. The van der Waals surface area contributed by atoms with E-state index in [0.29, 0.717) is 55.2 Å². The molecule has 0 spiro atoms. The molecule has 0 aliphatic carbocycles. The van der Waals surface area contributed by atoms with Crippen molar-refractivity contribution in [3.8, 4) is 0 Å². The number of anilines is 4. The maximum absolute atomic E-state index is 13.2. The fourth-order valence-corrected chi connectivity index (χ4v) is 7.30. The molecule has 2 atom stereocenters. The first kappa shape index (κ1) is 34.5. The number of rotatable bonds is 11. The highest BCUT2D eigenvalue weighted by Gasteiger charge is 2.44. The number of benzene rings is 2. The summed E-state index contributed by atoms with van der Waals surface area (Å²) < 4.78 is 0. The molecule has 7 rings (SSSR count). The second-order valence-corrected chi connectivity index (χ2v) is 13.7. The molecule has 4 aliphatic heterocycles. The van der Waals surface area contributed by atoms with Crippen LogP contribution in [-0.2, 0) is 11.2 Å². The van der Waals surface area contributed by atoms with Crippen LogP contribution in [0.15, 0.2) is 60.9 Å². The van der Waals surface area contributed by atoms with Crippen molar-refractivity contribution in [3.05, 3.63) is 83.3 Å². The van der Waals surface area contributed by atoms with Gasteiger partial charge in [0.15, 0.2) is 11.5 Å². The number of urea groups is 1. The van der Waals surface area contributed by atoms with Crippen molar-refractivity contribution in [2.45, 2.75) is 50.6 Å². The lowest BCUT2D eigenvalue weighted by Crippen LogP contribution is -2.51. The second kappa shape index (κ2) is 14.3. The van der Waals surface area contributed by atoms with Gasteiger partial charge in [0, 0.05) is 56.8 Å². The highest BCUT2D eigenvalue weighted by molar-refractivity contribution is 6.23. The first-order valence-electron chi connectivity index (χ1n) is 17.6. The van der Waals surface area contributed by atoms with E-state index in [1.54, 1.807) is 29.3 Å². The van der Waals surface area contributed by atoms with Gasteiger partial charge < -0.3 is 36.4 Å². The molecule has 4 aliphatic rings. The van der Waals surface area contributed by atoms with Crippen LogP contribution in [-0.4, -0.2) is 106 Å². The fourth-order valence-electron chi connectivity index (χ4n) is 7.30. The molecule has 1 aromatic heterocycles. The van der Waals surface area contributed by atoms with E-state index < -0.39 is 23.8 Å². The van der Waals surface area contributed by atoms with Gasteiger partial charge in [0.25, 0.3) is 17.7 Å². The van der Waals surface area contributed by atoms with E-state index in [4.69, 9.17) is 10.7 Å². The van der Waals surface area contributed by atoms with E-state index >= 15 is 0 Å². The predicted octanol–water partition coefficient (Wildman–Crippen LogP) is 3.09. The average molecular weight is 707 g/mol. The van der Waals surface area contributed by atoms with Crippen LogP contribution in [0.3, 0.4) is 0 Å². The van der Waals surface area contributed by atoms with Crippen LogP contribution in [0.25, 0.3) is 0 Å². The molecule has 5 heterocycles. The van der Waals surface area contributed by atoms with Gasteiger partial charge in [-0.25, -0.2) is 14.8 Å². The summed E-state index contributed by atoms with van der Waals surface area (Å²) in [5.74, 6) is -1.11. The number of imide groups is 1. The zero-order valence-corrected chi connectivity index (χ0v) is 29.1. The van der Waals surface area contributed by atoms with Gasteiger partial charge in [-0.3, -0.25) is 24.1 Å². The summed E-state index contributed by atoms with van der Waals surface area (Å²) >= 11 is 0. The van der Waals surface area contributed by atoms with Crippen molar-refractivity contribution in [1.82, 2.24) is 30.0 Å². The van der Waals surface area contributed by atoms with Crippen molar-refractivity contribution in [3.63, 3.8) is 0 Å². The lowest BCUT2D eigenvalue weighted by atomic mass is 10.0. The van der Waals surface area contributed by atoms with Gasteiger partial charge in [-0.2, -0.15) is 0 Å². The van der Waals surface area contributed by atoms with Gasteiger partial charge in [-0.1, -0.05) is 18.7 Å². The molecule has 3 fully saturated rings. The molecule has 6 amide bonds. The number of carbonyl (C=O) groups is 5. The molecule has 0 saturated carbocycles. The minimum Gasteiger partial charge on any atom is -0.385 e. The number of amides is 6. The lowest BCUT2D eigenvalue weighted by molar-refractivity contribution is -0.125. The lowest BCUT2D eigenvalue weighted by Gasteiger charge is -2.37. The third kappa shape index (κ3) is 6.85. The Labute approximate surface area is 301 Å². The van der Waals surface area contributed by atoms with Crippen LogP contribution < -0.4 is 26.6 Å². The number of aromatic nitrogens is 2. The number of nitrogens with one attached hydrogen (secondary N) is 3. The average Bonchev–Trinajstić information content (AvgIpc) is 3.60. The molecule has 1 unspecified atom stereocenters. The monoisotopic (exact) mass is 706 g/mol. The normalized spacial score (nSPS) is 20.4. The number of allylic oxidation sites excluding steroid dienone is 1. The summed E-state index contributed by atoms with van der Waals surface area (Å²) in [7, 11) is 1.82. The fraction of sp³-hybridized carbons (Fsp3) is 0.378. The van der Waals surface area contributed by atoms with E-state index in [-0.39, 0.29) is 35.1 Å². The van der Waals surface area contributed by atoms with E-state index in [9.17, 15) is 24.0 Å². The molecule has 270 valence electrons. The third-order valence-electron chi connectivity index (χ3n) is 10.1. The quantitative estimate of drug-likeness (QED) is 0.171. The summed E-state index contributed by atoms with van der Waals surface area (Å²) in [5, 5.41) is 9.20. The van der Waals surface area contributed by atoms with Crippen LogP contribution in [0.1, 0.15) is 68.9 Å². The maximum atomic E-state index is 13.2. The minimum absolute atomic E-state index is 0.0416. The molecule has 15 heteroatoms. The number of fused-ring (bicyclic) bond motifs is 1. The zero-order valence-electron chi connectivity index (χ0n) is 29.1. The number of primary amides is 1. The number of carbonyl (C=O) groups excluding carboxylic acids is 5. The van der Waals surface area contributed by atoms with Gasteiger partial charge in [0.05, 0.1) is 23.4 Å². The van der Waals surface area contributed by atoms with E-state index in [1.165, 1.54) is 0 Å². The summed E-state index contributed by atoms with van der Waals surface area (Å²) in [6.45, 7) is 7.22. The van der Waals surface area contributed by atoms with Crippen molar-refractivity contribution in [1.29, 1.82) is 0 Å². The Morgan fingerprint density at radius 2 is 1.77 bits per heavy atom. The Morgan fingerprint density at radius 3 is 2.50 bits per heavy atom. The topological polar surface area (TPSA) is 186 Å². The van der Waals surface area contributed by atoms with Crippen molar-refractivity contribution in [2.24, 2.45) is 5.73 Å². The zero-order chi connectivity index (χ0) is 36.5.